The Morgan fingerprint density at radius 1 is 1.32 bits per heavy atom. The van der Waals surface area contributed by atoms with Crippen LogP contribution in [0.25, 0.3) is 0 Å². The molecule has 0 aromatic carbocycles. The molecular weight excluding hydrogens is 292 g/mol. The highest BCUT2D eigenvalue weighted by atomic mass is 35.5. The molecule has 0 aliphatic heterocycles. The zero-order valence-corrected chi connectivity index (χ0v) is 10.8. The summed E-state index contributed by atoms with van der Waals surface area (Å²) in [6.07, 6.45) is 1.39. The second-order valence-electron chi connectivity index (χ2n) is 3.26. The smallest absolute Gasteiger partial charge is 0.338 e. The fourth-order valence-electron chi connectivity index (χ4n) is 1.23. The maximum Gasteiger partial charge on any atom is 0.338 e. The summed E-state index contributed by atoms with van der Waals surface area (Å²) < 4.78 is 0. The molecule has 2 amide bonds. The first kappa shape index (κ1) is 13.2. The molecule has 7 nitrogen and oxygen atoms in total. The second kappa shape index (κ2) is 5.63. The Morgan fingerprint density at radius 3 is 2.79 bits per heavy atom. The van der Waals surface area contributed by atoms with Crippen LogP contribution >= 0.6 is 22.9 Å². The molecule has 0 spiro atoms. The van der Waals surface area contributed by atoms with Gasteiger partial charge in [-0.2, -0.15) is 0 Å². The van der Waals surface area contributed by atoms with Crippen LogP contribution in [0.5, 0.6) is 0 Å². The lowest BCUT2D eigenvalue weighted by Gasteiger charge is -2.06. The van der Waals surface area contributed by atoms with E-state index in [9.17, 15) is 9.59 Å². The third-order valence-electron chi connectivity index (χ3n) is 1.99. The molecule has 0 unspecified atom stereocenters. The van der Waals surface area contributed by atoms with Crippen molar-refractivity contribution >= 4 is 45.8 Å². The van der Waals surface area contributed by atoms with E-state index in [-0.39, 0.29) is 21.7 Å². The van der Waals surface area contributed by atoms with Crippen molar-refractivity contribution in [1.82, 2.24) is 9.97 Å². The van der Waals surface area contributed by atoms with Crippen molar-refractivity contribution in [2.75, 3.05) is 10.6 Å². The van der Waals surface area contributed by atoms with Crippen LogP contribution in [0.3, 0.4) is 0 Å². The summed E-state index contributed by atoms with van der Waals surface area (Å²) in [5.74, 6) is -0.896. The van der Waals surface area contributed by atoms with Gasteiger partial charge in [0, 0.05) is 6.20 Å². The second-order valence-corrected chi connectivity index (χ2v) is 4.51. The summed E-state index contributed by atoms with van der Waals surface area (Å²) in [6, 6.07) is 2.25. The zero-order valence-electron chi connectivity index (χ0n) is 9.25. The molecule has 2 heterocycles. The first-order valence-corrected chi connectivity index (χ1v) is 6.19. The normalized spacial score (nSPS) is 9.95. The van der Waals surface area contributed by atoms with E-state index < -0.39 is 12.0 Å². The monoisotopic (exact) mass is 298 g/mol. The predicted octanol–water partition coefficient (Wildman–Crippen LogP) is 2.53. The number of rotatable bonds is 3. The van der Waals surface area contributed by atoms with Crippen molar-refractivity contribution in [2.24, 2.45) is 0 Å². The maximum absolute atomic E-state index is 11.7. The van der Waals surface area contributed by atoms with Gasteiger partial charge in [0.15, 0.2) is 0 Å². The molecule has 9 heteroatoms. The molecule has 3 N–H and O–H groups in total. The molecule has 0 aliphatic rings. The lowest BCUT2D eigenvalue weighted by molar-refractivity contribution is 0.0698. The quantitative estimate of drug-likeness (QED) is 0.755. The highest BCUT2D eigenvalue weighted by Gasteiger charge is 2.14. The van der Waals surface area contributed by atoms with E-state index >= 15 is 0 Å². The molecule has 0 radical (unpaired) electrons. The van der Waals surface area contributed by atoms with Gasteiger partial charge in [0.1, 0.15) is 10.8 Å². The molecule has 0 atom stereocenters. The van der Waals surface area contributed by atoms with Crippen LogP contribution in [0, 0.1) is 0 Å². The van der Waals surface area contributed by atoms with Gasteiger partial charge in [-0.15, -0.1) is 11.3 Å². The van der Waals surface area contributed by atoms with Crippen LogP contribution in [0.2, 0.25) is 5.28 Å². The first-order valence-electron chi connectivity index (χ1n) is 4.93. The van der Waals surface area contributed by atoms with Crippen LogP contribution < -0.4 is 10.6 Å². The van der Waals surface area contributed by atoms with E-state index in [4.69, 9.17) is 16.7 Å². The Bertz CT molecular complexity index is 631. The predicted molar refractivity (Wildman–Crippen MR) is 71.0 cm³/mol. The molecule has 0 bridgehead atoms. The Hall–Kier alpha value is -2.19. The fraction of sp³-hybridized carbons (Fsp3) is 0. The number of carboxylic acid groups (broad SMARTS) is 1. The van der Waals surface area contributed by atoms with Crippen LogP contribution in [0.4, 0.5) is 15.6 Å². The molecule has 0 fully saturated rings. The summed E-state index contributed by atoms with van der Waals surface area (Å²) in [5, 5.41) is 15.5. The Kier molecular flexibility index (Phi) is 3.93. The van der Waals surface area contributed by atoms with E-state index in [2.05, 4.69) is 20.6 Å². The number of hydrogen-bond acceptors (Lipinski definition) is 5. The van der Waals surface area contributed by atoms with Crippen LogP contribution in [0.1, 0.15) is 10.4 Å². The van der Waals surface area contributed by atoms with Gasteiger partial charge >= 0.3 is 12.0 Å². The number of carboxylic acids is 1. The highest BCUT2D eigenvalue weighted by molar-refractivity contribution is 7.14. The van der Waals surface area contributed by atoms with E-state index in [1.807, 2.05) is 0 Å². The van der Waals surface area contributed by atoms with Crippen molar-refractivity contribution in [3.63, 3.8) is 0 Å². The lowest BCUT2D eigenvalue weighted by atomic mass is 10.3. The van der Waals surface area contributed by atoms with Crippen LogP contribution in [0.15, 0.2) is 23.7 Å². The van der Waals surface area contributed by atoms with Gasteiger partial charge in [-0.1, -0.05) is 0 Å². The fourth-order valence-corrected chi connectivity index (χ4v) is 2.15. The highest BCUT2D eigenvalue weighted by Crippen LogP contribution is 2.23. The molecule has 0 saturated carbocycles. The molecular formula is C10H7ClN4O3S. The minimum atomic E-state index is -1.11. The van der Waals surface area contributed by atoms with Crippen molar-refractivity contribution < 1.29 is 14.7 Å². The van der Waals surface area contributed by atoms with Crippen molar-refractivity contribution in [3.05, 3.63) is 34.6 Å². The van der Waals surface area contributed by atoms with Gasteiger partial charge in [-0.3, -0.25) is 10.6 Å². The molecule has 2 aromatic heterocycles. The van der Waals surface area contributed by atoms with Gasteiger partial charge in [0.2, 0.25) is 5.28 Å². The van der Waals surface area contributed by atoms with E-state index in [0.717, 1.165) is 11.3 Å². The van der Waals surface area contributed by atoms with Gasteiger partial charge in [-0.25, -0.2) is 19.6 Å². The van der Waals surface area contributed by atoms with E-state index in [1.54, 1.807) is 5.38 Å². The van der Waals surface area contributed by atoms with Gasteiger partial charge in [0.05, 0.1) is 5.56 Å². The van der Waals surface area contributed by atoms with Gasteiger partial charge < -0.3 is 5.11 Å². The summed E-state index contributed by atoms with van der Waals surface area (Å²) >= 11 is 6.68. The topological polar surface area (TPSA) is 104 Å². The van der Waals surface area contributed by atoms with Crippen molar-refractivity contribution in [3.8, 4) is 0 Å². The Balaban J connectivity index is 2.05. The number of nitrogens with zero attached hydrogens (tertiary/aromatic N) is 2. The SMILES string of the molecule is O=C(Nc1ccnc(Cl)n1)Nc1sccc1C(=O)O. The summed E-state index contributed by atoms with van der Waals surface area (Å²) in [6.45, 7) is 0. The number of aromatic nitrogens is 2. The summed E-state index contributed by atoms with van der Waals surface area (Å²) in [4.78, 5) is 30.0. The molecule has 98 valence electrons. The number of halogens is 1. The lowest BCUT2D eigenvalue weighted by Crippen LogP contribution is -2.20. The third-order valence-corrected chi connectivity index (χ3v) is 3.00. The number of carbonyl (C=O) groups is 2. The van der Waals surface area contributed by atoms with Crippen molar-refractivity contribution in [2.45, 2.75) is 0 Å². The maximum atomic E-state index is 11.7. The number of urea groups is 1. The van der Waals surface area contributed by atoms with E-state index in [1.165, 1.54) is 18.3 Å². The molecule has 2 rings (SSSR count). The summed E-state index contributed by atoms with van der Waals surface area (Å²) in [7, 11) is 0. The van der Waals surface area contributed by atoms with E-state index in [0.29, 0.717) is 0 Å². The number of thiophene rings is 1. The number of aromatic carboxylic acids is 1. The van der Waals surface area contributed by atoms with Crippen LogP contribution in [-0.4, -0.2) is 27.1 Å². The number of amides is 2. The number of nitrogens with one attached hydrogen (secondary N) is 2. The zero-order chi connectivity index (χ0) is 13.8. The van der Waals surface area contributed by atoms with Gasteiger partial charge in [-0.05, 0) is 29.1 Å². The minimum absolute atomic E-state index is 0.000138. The van der Waals surface area contributed by atoms with Crippen LogP contribution in [-0.2, 0) is 0 Å². The Labute approximate surface area is 116 Å². The van der Waals surface area contributed by atoms with Gasteiger partial charge in [0.25, 0.3) is 0 Å². The number of carbonyl (C=O) groups excluding carboxylic acids is 1. The molecule has 0 aliphatic carbocycles. The Morgan fingerprint density at radius 2 is 2.11 bits per heavy atom. The third kappa shape index (κ3) is 3.39. The average molecular weight is 299 g/mol. The average Bonchev–Trinajstić information content (AvgIpc) is 2.76. The standard InChI is InChI=1S/C10H7ClN4O3S/c11-9-12-3-1-6(13-9)14-10(18)15-7-5(8(16)17)2-4-19-7/h1-4H,(H,16,17)(H2,12,13,14,15,18). The number of anilines is 2. The largest absolute Gasteiger partial charge is 0.478 e. The number of hydrogen-bond donors (Lipinski definition) is 3. The van der Waals surface area contributed by atoms with Crippen molar-refractivity contribution in [1.29, 1.82) is 0 Å². The minimum Gasteiger partial charge on any atom is -0.478 e. The molecule has 19 heavy (non-hydrogen) atoms. The molecule has 0 saturated heterocycles. The molecule has 2 aromatic rings. The summed E-state index contributed by atoms with van der Waals surface area (Å²) in [5.41, 5.74) is 0.0286. The first-order chi connectivity index (χ1) is 9.06.